The van der Waals surface area contributed by atoms with Crippen LogP contribution in [0, 0.1) is 12.8 Å². The predicted molar refractivity (Wildman–Crippen MR) is 90.9 cm³/mol. The van der Waals surface area contributed by atoms with Crippen LogP contribution in [0.15, 0.2) is 18.2 Å². The van der Waals surface area contributed by atoms with Gasteiger partial charge in [0.1, 0.15) is 0 Å². The fourth-order valence-corrected chi connectivity index (χ4v) is 3.13. The van der Waals surface area contributed by atoms with Gasteiger partial charge in [0.2, 0.25) is 0 Å². The molecule has 0 spiro atoms. The average molecular weight is 341 g/mol. The van der Waals surface area contributed by atoms with E-state index < -0.39 is 6.09 Å². The van der Waals surface area contributed by atoms with Crippen LogP contribution >= 0.6 is 11.6 Å². The number of rotatable bonds is 6. The lowest BCUT2D eigenvalue weighted by molar-refractivity contribution is 0.00437. The van der Waals surface area contributed by atoms with Crippen molar-refractivity contribution < 1.29 is 14.3 Å². The van der Waals surface area contributed by atoms with Gasteiger partial charge >= 0.3 is 6.09 Å². The van der Waals surface area contributed by atoms with Crippen LogP contribution in [0.5, 0.6) is 0 Å². The number of nitrogens with one attached hydrogen (secondary N) is 2. The minimum absolute atomic E-state index is 0.0269. The van der Waals surface area contributed by atoms with E-state index in [1.165, 1.54) is 12.7 Å². The molecule has 1 aliphatic heterocycles. The standard InChI is InChI=1S/C17H25ClN2O3/c1-12-5-6-14(18)10-15(12)16(13-4-3-7-19-11-13)23-9-8-20-17(21)22-2/h5-6,10,13,16,19H,3-4,7-9,11H2,1-2H3,(H,20,21)/t13?,16-/m1/s1. The highest BCUT2D eigenvalue weighted by Crippen LogP contribution is 2.33. The number of alkyl carbamates (subject to hydrolysis) is 1. The van der Waals surface area contributed by atoms with Crippen LogP contribution in [0.3, 0.4) is 0 Å². The first-order valence-electron chi connectivity index (χ1n) is 8.02. The summed E-state index contributed by atoms with van der Waals surface area (Å²) < 4.78 is 10.7. The normalized spacial score (nSPS) is 19.2. The number of aryl methyl sites for hydroxylation is 1. The Morgan fingerprint density at radius 2 is 2.35 bits per heavy atom. The molecule has 1 unspecified atom stereocenters. The summed E-state index contributed by atoms with van der Waals surface area (Å²) in [4.78, 5) is 11.1. The summed E-state index contributed by atoms with van der Waals surface area (Å²) in [7, 11) is 1.35. The molecular formula is C17H25ClN2O3. The van der Waals surface area contributed by atoms with Crippen LogP contribution in [0.4, 0.5) is 4.79 Å². The van der Waals surface area contributed by atoms with Gasteiger partial charge in [-0.3, -0.25) is 0 Å². The number of halogens is 1. The molecule has 0 aromatic heterocycles. The first-order valence-corrected chi connectivity index (χ1v) is 8.40. The summed E-state index contributed by atoms with van der Waals surface area (Å²) in [5.41, 5.74) is 2.30. The smallest absolute Gasteiger partial charge is 0.406 e. The van der Waals surface area contributed by atoms with E-state index in [9.17, 15) is 4.79 Å². The van der Waals surface area contributed by atoms with Crippen molar-refractivity contribution in [2.75, 3.05) is 33.4 Å². The minimum Gasteiger partial charge on any atom is -0.453 e. The van der Waals surface area contributed by atoms with E-state index in [4.69, 9.17) is 16.3 Å². The minimum atomic E-state index is -0.441. The molecule has 1 heterocycles. The van der Waals surface area contributed by atoms with Crippen LogP contribution in [0.25, 0.3) is 0 Å². The summed E-state index contributed by atoms with van der Waals surface area (Å²) in [6.07, 6.45) is 1.79. The molecule has 1 aliphatic rings. The zero-order valence-corrected chi connectivity index (χ0v) is 14.5. The van der Waals surface area contributed by atoms with E-state index in [0.717, 1.165) is 36.5 Å². The molecule has 2 atom stereocenters. The van der Waals surface area contributed by atoms with Crippen molar-refractivity contribution in [1.82, 2.24) is 10.6 Å². The molecular weight excluding hydrogens is 316 g/mol. The van der Waals surface area contributed by atoms with Gasteiger partial charge in [-0.15, -0.1) is 0 Å². The zero-order valence-electron chi connectivity index (χ0n) is 13.7. The summed E-state index contributed by atoms with van der Waals surface area (Å²) in [5, 5.41) is 6.79. The summed E-state index contributed by atoms with van der Waals surface area (Å²) in [6.45, 7) is 4.92. The average Bonchev–Trinajstić information content (AvgIpc) is 2.58. The van der Waals surface area contributed by atoms with Gasteiger partial charge in [-0.05, 0) is 49.6 Å². The lowest BCUT2D eigenvalue weighted by Gasteiger charge is -2.32. The molecule has 0 saturated carbocycles. The highest BCUT2D eigenvalue weighted by Gasteiger charge is 2.27. The summed E-state index contributed by atoms with van der Waals surface area (Å²) in [5.74, 6) is 0.402. The van der Waals surface area contributed by atoms with Crippen molar-refractivity contribution in [3.8, 4) is 0 Å². The van der Waals surface area contributed by atoms with Crippen LogP contribution in [0.2, 0.25) is 5.02 Å². The van der Waals surface area contributed by atoms with E-state index in [1.54, 1.807) is 0 Å². The number of hydrogen-bond donors (Lipinski definition) is 2. The maximum Gasteiger partial charge on any atom is 0.406 e. The highest BCUT2D eigenvalue weighted by molar-refractivity contribution is 6.30. The van der Waals surface area contributed by atoms with Crippen molar-refractivity contribution in [1.29, 1.82) is 0 Å². The Labute approximate surface area is 142 Å². The maximum absolute atomic E-state index is 11.1. The topological polar surface area (TPSA) is 59.6 Å². The van der Waals surface area contributed by atoms with Gasteiger partial charge in [0.25, 0.3) is 0 Å². The number of methoxy groups -OCH3 is 1. The molecule has 1 aromatic carbocycles. The SMILES string of the molecule is COC(=O)NCCO[C@@H](c1cc(Cl)ccc1C)C1CCCNC1. The van der Waals surface area contributed by atoms with E-state index >= 15 is 0 Å². The second-order valence-electron chi connectivity index (χ2n) is 5.82. The van der Waals surface area contributed by atoms with Crippen molar-refractivity contribution in [3.63, 3.8) is 0 Å². The quantitative estimate of drug-likeness (QED) is 0.781. The van der Waals surface area contributed by atoms with Crippen molar-refractivity contribution in [2.24, 2.45) is 5.92 Å². The molecule has 0 bridgehead atoms. The molecule has 1 fully saturated rings. The van der Waals surface area contributed by atoms with Crippen molar-refractivity contribution >= 4 is 17.7 Å². The Bertz CT molecular complexity index is 519. The molecule has 2 rings (SSSR count). The van der Waals surface area contributed by atoms with E-state index in [1.807, 2.05) is 18.2 Å². The largest absolute Gasteiger partial charge is 0.453 e. The molecule has 2 N–H and O–H groups in total. The van der Waals surface area contributed by atoms with E-state index in [0.29, 0.717) is 19.1 Å². The number of ether oxygens (including phenoxy) is 2. The molecule has 0 radical (unpaired) electrons. The fourth-order valence-electron chi connectivity index (χ4n) is 2.95. The Kier molecular flexibility index (Phi) is 7.15. The predicted octanol–water partition coefficient (Wildman–Crippen LogP) is 3.06. The second kappa shape index (κ2) is 9.11. The Morgan fingerprint density at radius 1 is 1.52 bits per heavy atom. The van der Waals surface area contributed by atoms with Gasteiger partial charge < -0.3 is 20.1 Å². The number of hydrogen-bond acceptors (Lipinski definition) is 4. The van der Waals surface area contributed by atoms with Gasteiger partial charge in [0.15, 0.2) is 0 Å². The van der Waals surface area contributed by atoms with Crippen LogP contribution in [0.1, 0.15) is 30.1 Å². The zero-order chi connectivity index (χ0) is 16.7. The summed E-state index contributed by atoms with van der Waals surface area (Å²) in [6, 6.07) is 5.91. The van der Waals surface area contributed by atoms with E-state index in [2.05, 4.69) is 22.3 Å². The van der Waals surface area contributed by atoms with E-state index in [-0.39, 0.29) is 6.10 Å². The Morgan fingerprint density at radius 3 is 3.04 bits per heavy atom. The maximum atomic E-state index is 11.1. The monoisotopic (exact) mass is 340 g/mol. The van der Waals surface area contributed by atoms with Gasteiger partial charge in [-0.25, -0.2) is 4.79 Å². The number of carbonyl (C=O) groups is 1. The number of piperidine rings is 1. The Hall–Kier alpha value is -1.30. The first kappa shape index (κ1) is 18.0. The third-order valence-electron chi connectivity index (χ3n) is 4.17. The third kappa shape index (κ3) is 5.37. The summed E-state index contributed by atoms with van der Waals surface area (Å²) >= 11 is 6.18. The molecule has 0 aliphatic carbocycles. The lowest BCUT2D eigenvalue weighted by Crippen LogP contribution is -2.35. The van der Waals surface area contributed by atoms with Crippen molar-refractivity contribution in [3.05, 3.63) is 34.3 Å². The fraction of sp³-hybridized carbons (Fsp3) is 0.588. The third-order valence-corrected chi connectivity index (χ3v) is 4.40. The highest BCUT2D eigenvalue weighted by atomic mass is 35.5. The molecule has 1 aromatic rings. The second-order valence-corrected chi connectivity index (χ2v) is 6.25. The molecule has 1 amide bonds. The van der Waals surface area contributed by atoms with Crippen LogP contribution < -0.4 is 10.6 Å². The van der Waals surface area contributed by atoms with Gasteiger partial charge in [0, 0.05) is 24.0 Å². The van der Waals surface area contributed by atoms with Gasteiger partial charge in [-0.1, -0.05) is 17.7 Å². The molecule has 128 valence electrons. The van der Waals surface area contributed by atoms with Gasteiger partial charge in [0.05, 0.1) is 19.8 Å². The molecule has 5 nitrogen and oxygen atoms in total. The number of amides is 1. The number of benzene rings is 1. The van der Waals surface area contributed by atoms with Crippen LogP contribution in [-0.4, -0.2) is 39.4 Å². The molecule has 23 heavy (non-hydrogen) atoms. The lowest BCUT2D eigenvalue weighted by atomic mass is 9.87. The van der Waals surface area contributed by atoms with Gasteiger partial charge in [-0.2, -0.15) is 0 Å². The van der Waals surface area contributed by atoms with Crippen molar-refractivity contribution in [2.45, 2.75) is 25.9 Å². The first-order chi connectivity index (χ1) is 11.1. The molecule has 6 heteroatoms. The Balaban J connectivity index is 2.05. The number of carbonyl (C=O) groups excluding carboxylic acids is 1. The molecule has 1 saturated heterocycles. The van der Waals surface area contributed by atoms with Crippen LogP contribution in [-0.2, 0) is 9.47 Å².